The SMILES string of the molecule is c1ccc2nc(-c3ccc(-c4cc(-c5ccc(-c6ccc7ccccc7n6)cc5)cc(-c5ncncn5)c4)cc3)ccc2c1. The van der Waals surface area contributed by atoms with E-state index in [0.29, 0.717) is 5.82 Å². The van der Waals surface area contributed by atoms with Crippen LogP contribution in [0.1, 0.15) is 0 Å². The molecule has 0 atom stereocenters. The van der Waals surface area contributed by atoms with Crippen LogP contribution in [0.3, 0.4) is 0 Å². The van der Waals surface area contributed by atoms with Crippen LogP contribution in [0.15, 0.2) is 152 Å². The Hall–Kier alpha value is -6.07. The Morgan fingerprint density at radius 2 is 0.773 bits per heavy atom. The largest absolute Gasteiger partial charge is 0.248 e. The maximum Gasteiger partial charge on any atom is 0.162 e. The van der Waals surface area contributed by atoms with Crippen LogP contribution in [0.4, 0.5) is 0 Å². The highest BCUT2D eigenvalue weighted by atomic mass is 15.0. The first-order valence-electron chi connectivity index (χ1n) is 14.5. The van der Waals surface area contributed by atoms with Crippen LogP contribution in [-0.2, 0) is 0 Å². The molecule has 3 aromatic heterocycles. The molecule has 44 heavy (non-hydrogen) atoms. The minimum atomic E-state index is 0.636. The average molecular weight is 564 g/mol. The van der Waals surface area contributed by atoms with E-state index in [1.807, 2.05) is 36.4 Å². The predicted molar refractivity (Wildman–Crippen MR) is 178 cm³/mol. The van der Waals surface area contributed by atoms with Gasteiger partial charge in [-0.05, 0) is 64.7 Å². The molecule has 8 aromatic rings. The van der Waals surface area contributed by atoms with Gasteiger partial charge in [0.05, 0.1) is 22.4 Å². The van der Waals surface area contributed by atoms with Crippen LogP contribution in [0.25, 0.3) is 78.0 Å². The number of aromatic nitrogens is 5. The quantitative estimate of drug-likeness (QED) is 0.209. The Kier molecular flexibility index (Phi) is 6.39. The van der Waals surface area contributed by atoms with Gasteiger partial charge in [0, 0.05) is 27.5 Å². The van der Waals surface area contributed by atoms with E-state index < -0.39 is 0 Å². The lowest BCUT2D eigenvalue weighted by Crippen LogP contribution is -1.92. The molecule has 0 N–H and O–H groups in total. The zero-order valence-electron chi connectivity index (χ0n) is 23.7. The van der Waals surface area contributed by atoms with Gasteiger partial charge in [0.2, 0.25) is 0 Å². The highest BCUT2D eigenvalue weighted by Gasteiger charge is 2.11. The smallest absolute Gasteiger partial charge is 0.162 e. The summed E-state index contributed by atoms with van der Waals surface area (Å²) in [7, 11) is 0. The van der Waals surface area contributed by atoms with E-state index in [0.717, 1.165) is 72.1 Å². The second kappa shape index (κ2) is 11.0. The number of rotatable bonds is 5. The molecule has 5 heteroatoms. The van der Waals surface area contributed by atoms with Crippen molar-refractivity contribution in [3.63, 3.8) is 0 Å². The van der Waals surface area contributed by atoms with E-state index in [1.165, 1.54) is 12.7 Å². The third kappa shape index (κ3) is 4.97. The first-order chi connectivity index (χ1) is 21.8. The molecule has 0 fully saturated rings. The predicted octanol–water partition coefficient (Wildman–Crippen LogP) is 9.30. The minimum absolute atomic E-state index is 0.636. The summed E-state index contributed by atoms with van der Waals surface area (Å²) in [6.45, 7) is 0. The topological polar surface area (TPSA) is 64.5 Å². The fraction of sp³-hybridized carbons (Fsp3) is 0. The summed E-state index contributed by atoms with van der Waals surface area (Å²) < 4.78 is 0. The summed E-state index contributed by atoms with van der Waals surface area (Å²) in [4.78, 5) is 22.6. The van der Waals surface area contributed by atoms with Gasteiger partial charge in [-0.3, -0.25) is 0 Å². The summed E-state index contributed by atoms with van der Waals surface area (Å²) in [6.07, 6.45) is 3.07. The second-order valence-corrected chi connectivity index (χ2v) is 10.7. The Balaban J connectivity index is 1.16. The number of hydrogen-bond acceptors (Lipinski definition) is 5. The van der Waals surface area contributed by atoms with Crippen LogP contribution in [0.5, 0.6) is 0 Å². The molecule has 5 aromatic carbocycles. The second-order valence-electron chi connectivity index (χ2n) is 10.7. The molecule has 5 nitrogen and oxygen atoms in total. The summed E-state index contributed by atoms with van der Waals surface area (Å²) in [6, 6.07) is 48.4. The molecular formula is C39H25N5. The van der Waals surface area contributed by atoms with Crippen LogP contribution < -0.4 is 0 Å². The molecule has 206 valence electrons. The molecular weight excluding hydrogens is 538 g/mol. The first-order valence-corrected chi connectivity index (χ1v) is 14.5. The van der Waals surface area contributed by atoms with Crippen molar-refractivity contribution in [2.75, 3.05) is 0 Å². The lowest BCUT2D eigenvalue weighted by atomic mass is 9.94. The fourth-order valence-electron chi connectivity index (χ4n) is 5.60. The zero-order chi connectivity index (χ0) is 29.3. The molecule has 8 rings (SSSR count). The monoisotopic (exact) mass is 563 g/mol. The van der Waals surface area contributed by atoms with E-state index in [-0.39, 0.29) is 0 Å². The summed E-state index contributed by atoms with van der Waals surface area (Å²) in [5.74, 6) is 0.636. The third-order valence-electron chi connectivity index (χ3n) is 7.91. The number of hydrogen-bond donors (Lipinski definition) is 0. The van der Waals surface area contributed by atoms with Gasteiger partial charge >= 0.3 is 0 Å². The van der Waals surface area contributed by atoms with Gasteiger partial charge in [0.1, 0.15) is 12.7 Å². The van der Waals surface area contributed by atoms with Gasteiger partial charge in [-0.2, -0.15) is 0 Å². The molecule has 0 saturated carbocycles. The van der Waals surface area contributed by atoms with Crippen molar-refractivity contribution in [1.82, 2.24) is 24.9 Å². The van der Waals surface area contributed by atoms with Gasteiger partial charge in [-0.15, -0.1) is 0 Å². The number of nitrogens with zero attached hydrogens (tertiary/aromatic N) is 5. The van der Waals surface area contributed by atoms with E-state index >= 15 is 0 Å². The average Bonchev–Trinajstić information content (AvgIpc) is 3.11. The maximum absolute atomic E-state index is 4.87. The van der Waals surface area contributed by atoms with E-state index in [1.54, 1.807) is 0 Å². The Bertz CT molecular complexity index is 2120. The molecule has 0 spiro atoms. The normalized spacial score (nSPS) is 11.2. The van der Waals surface area contributed by atoms with Crippen molar-refractivity contribution in [1.29, 1.82) is 0 Å². The van der Waals surface area contributed by atoms with Gasteiger partial charge < -0.3 is 0 Å². The standard InChI is InChI=1S/C39H25N5/c1-3-7-35-28(5-1)17-19-37(43-35)30-13-9-26(10-14-30)32-21-33(23-34(22-32)39-41-24-40-25-42-39)27-11-15-31(16-12-27)38-20-18-29-6-2-4-8-36(29)44-38/h1-25H. The van der Waals surface area contributed by atoms with Crippen molar-refractivity contribution in [3.8, 4) is 56.2 Å². The number of benzene rings is 5. The van der Waals surface area contributed by atoms with Crippen LogP contribution in [0.2, 0.25) is 0 Å². The van der Waals surface area contributed by atoms with E-state index in [2.05, 4.69) is 118 Å². The molecule has 0 radical (unpaired) electrons. The molecule has 0 unspecified atom stereocenters. The third-order valence-corrected chi connectivity index (χ3v) is 7.91. The maximum atomic E-state index is 4.87. The van der Waals surface area contributed by atoms with Crippen molar-refractivity contribution >= 4 is 21.8 Å². The molecule has 0 aliphatic heterocycles. The molecule has 0 bridgehead atoms. The molecule has 0 saturated heterocycles. The van der Waals surface area contributed by atoms with E-state index in [9.17, 15) is 0 Å². The molecule has 0 aliphatic carbocycles. The number of pyridine rings is 2. The fourth-order valence-corrected chi connectivity index (χ4v) is 5.60. The van der Waals surface area contributed by atoms with Crippen LogP contribution in [-0.4, -0.2) is 24.9 Å². The van der Waals surface area contributed by atoms with Gasteiger partial charge in [0.25, 0.3) is 0 Å². The lowest BCUT2D eigenvalue weighted by Gasteiger charge is -2.12. The molecule has 0 amide bonds. The highest BCUT2D eigenvalue weighted by Crippen LogP contribution is 2.34. The number of fused-ring (bicyclic) bond motifs is 2. The van der Waals surface area contributed by atoms with Gasteiger partial charge in [0.15, 0.2) is 5.82 Å². The first kappa shape index (κ1) is 25.6. The lowest BCUT2D eigenvalue weighted by molar-refractivity contribution is 1.06. The zero-order valence-corrected chi connectivity index (χ0v) is 23.7. The number of para-hydroxylation sites is 2. The molecule has 3 heterocycles. The Labute approximate surface area is 254 Å². The highest BCUT2D eigenvalue weighted by molar-refractivity contribution is 5.84. The van der Waals surface area contributed by atoms with E-state index in [4.69, 9.17) is 9.97 Å². The summed E-state index contributed by atoms with van der Waals surface area (Å²) >= 11 is 0. The summed E-state index contributed by atoms with van der Waals surface area (Å²) in [5.41, 5.74) is 11.3. The van der Waals surface area contributed by atoms with Gasteiger partial charge in [-0.25, -0.2) is 24.9 Å². The van der Waals surface area contributed by atoms with Crippen molar-refractivity contribution in [2.45, 2.75) is 0 Å². The van der Waals surface area contributed by atoms with Crippen molar-refractivity contribution in [2.24, 2.45) is 0 Å². The Morgan fingerprint density at radius 3 is 1.27 bits per heavy atom. The van der Waals surface area contributed by atoms with Crippen molar-refractivity contribution < 1.29 is 0 Å². The van der Waals surface area contributed by atoms with Gasteiger partial charge in [-0.1, -0.05) is 97.1 Å². The van der Waals surface area contributed by atoms with Crippen molar-refractivity contribution in [3.05, 3.63) is 152 Å². The molecule has 0 aliphatic rings. The minimum Gasteiger partial charge on any atom is -0.248 e. The van der Waals surface area contributed by atoms with Crippen LogP contribution in [0, 0.1) is 0 Å². The summed E-state index contributed by atoms with van der Waals surface area (Å²) in [5, 5.41) is 2.27. The Morgan fingerprint density at radius 1 is 0.341 bits per heavy atom. The van der Waals surface area contributed by atoms with Crippen LogP contribution >= 0.6 is 0 Å².